The van der Waals surface area contributed by atoms with E-state index in [2.05, 4.69) is 231 Å². The van der Waals surface area contributed by atoms with E-state index in [1.54, 1.807) is 0 Å². The predicted molar refractivity (Wildman–Crippen MR) is 283 cm³/mol. The molecule has 0 amide bonds. The van der Waals surface area contributed by atoms with Gasteiger partial charge in [-0.1, -0.05) is 194 Å². The number of hydrogen-bond acceptors (Lipinski definition) is 0. The molecule has 2 aliphatic rings. The highest BCUT2D eigenvalue weighted by atomic mass is 14.2. The molecule has 0 spiro atoms. The van der Waals surface area contributed by atoms with Crippen LogP contribution in [0, 0.1) is 0 Å². The first-order valence-electron chi connectivity index (χ1n) is 23.4. The molecule has 310 valence electrons. The van der Waals surface area contributed by atoms with Gasteiger partial charge in [-0.3, -0.25) is 0 Å². The molecule has 0 atom stereocenters. The van der Waals surface area contributed by atoms with Gasteiger partial charge in [-0.2, -0.15) is 0 Å². The van der Waals surface area contributed by atoms with Crippen LogP contribution in [-0.4, -0.2) is 0 Å². The summed E-state index contributed by atoms with van der Waals surface area (Å²) < 4.78 is 0. The van der Waals surface area contributed by atoms with Crippen LogP contribution in [-0.2, 0) is 25.7 Å². The minimum Gasteiger partial charge on any atom is -0.0616 e. The Hall–Kier alpha value is -8.06. The average molecular weight is 839 g/mol. The molecule has 13 aromatic carbocycles. The minimum absolute atomic E-state index is 1.06. The fraction of sp³-hybridized carbons (Fsp3) is 0.0606. The highest BCUT2D eigenvalue weighted by Gasteiger charge is 2.18. The Morgan fingerprint density at radius 2 is 0.258 bits per heavy atom. The first-order valence-corrected chi connectivity index (χ1v) is 23.4. The standard InChI is InChI=1S/2C22H16.C22H14/c3*1-2-6-16-10-20-14-22-12-18-8-4-3-7-17(18)11-21(22)13-19(20)9-15(16)5-1/h2*1-12H,13-14H2;1-14H. The SMILES string of the molecule is c1ccc2cc3c(cc2c1)Cc1cc2ccccc2cc1C3.c1ccc2cc3c(cc2c1)Cc1cc2ccccc2cc1C3.c1ccc2cc3cc4cc5ccccc5cc4cc3cc2c1. The lowest BCUT2D eigenvalue weighted by Crippen LogP contribution is -2.07. The third-order valence-corrected chi connectivity index (χ3v) is 14.3. The van der Waals surface area contributed by atoms with Crippen LogP contribution in [0.25, 0.3) is 86.2 Å². The summed E-state index contributed by atoms with van der Waals surface area (Å²) in [5, 5.41) is 21.3. The summed E-state index contributed by atoms with van der Waals surface area (Å²) in [5.74, 6) is 0. The molecule has 0 nitrogen and oxygen atoms in total. The summed E-state index contributed by atoms with van der Waals surface area (Å²) in [7, 11) is 0. The zero-order chi connectivity index (χ0) is 43.6. The van der Waals surface area contributed by atoms with Crippen molar-refractivity contribution in [1.82, 2.24) is 0 Å². The maximum atomic E-state index is 2.38. The summed E-state index contributed by atoms with van der Waals surface area (Å²) in [5.41, 5.74) is 11.9. The highest BCUT2D eigenvalue weighted by molar-refractivity contribution is 6.08. The molecule has 0 saturated carbocycles. The van der Waals surface area contributed by atoms with Crippen molar-refractivity contribution >= 4 is 86.2 Å². The Balaban J connectivity index is 0.0000000988. The lowest BCUT2D eigenvalue weighted by Gasteiger charge is -2.21. The van der Waals surface area contributed by atoms with Crippen LogP contribution in [0.4, 0.5) is 0 Å². The van der Waals surface area contributed by atoms with Crippen LogP contribution in [0.5, 0.6) is 0 Å². The monoisotopic (exact) mass is 838 g/mol. The Morgan fingerprint density at radius 3 is 0.409 bits per heavy atom. The van der Waals surface area contributed by atoms with E-state index in [1.807, 2.05) is 0 Å². The van der Waals surface area contributed by atoms with Gasteiger partial charge in [0.2, 0.25) is 0 Å². The fourth-order valence-electron chi connectivity index (χ4n) is 10.9. The Morgan fingerprint density at radius 1 is 0.136 bits per heavy atom. The van der Waals surface area contributed by atoms with Gasteiger partial charge in [0.25, 0.3) is 0 Å². The van der Waals surface area contributed by atoms with Crippen molar-refractivity contribution in [3.8, 4) is 0 Å². The average Bonchev–Trinajstić information content (AvgIpc) is 3.35. The maximum absolute atomic E-state index is 2.38. The van der Waals surface area contributed by atoms with Gasteiger partial charge in [0.05, 0.1) is 0 Å². The van der Waals surface area contributed by atoms with Crippen molar-refractivity contribution in [3.63, 3.8) is 0 Å². The summed E-state index contributed by atoms with van der Waals surface area (Å²) >= 11 is 0. The third-order valence-electron chi connectivity index (χ3n) is 14.3. The van der Waals surface area contributed by atoms with Gasteiger partial charge in [0, 0.05) is 0 Å². The molecule has 0 saturated heterocycles. The molecule has 0 radical (unpaired) electrons. The maximum Gasteiger partial charge on any atom is -0.00196 e. The van der Waals surface area contributed by atoms with Crippen molar-refractivity contribution in [1.29, 1.82) is 0 Å². The van der Waals surface area contributed by atoms with Crippen LogP contribution in [0.2, 0.25) is 0 Å². The van der Waals surface area contributed by atoms with E-state index in [-0.39, 0.29) is 0 Å². The van der Waals surface area contributed by atoms with E-state index in [9.17, 15) is 0 Å². The summed E-state index contributed by atoms with van der Waals surface area (Å²) in [6, 6.07) is 84.6. The number of benzene rings is 13. The van der Waals surface area contributed by atoms with E-state index >= 15 is 0 Å². The molecule has 0 heteroatoms. The Labute approximate surface area is 385 Å². The van der Waals surface area contributed by atoms with E-state index in [4.69, 9.17) is 0 Å². The summed E-state index contributed by atoms with van der Waals surface area (Å²) in [4.78, 5) is 0. The molecule has 0 fully saturated rings. The van der Waals surface area contributed by atoms with Crippen LogP contribution in [0.3, 0.4) is 0 Å². The number of hydrogen-bond donors (Lipinski definition) is 0. The molecule has 0 unspecified atom stereocenters. The molecular formula is C66H46. The van der Waals surface area contributed by atoms with Gasteiger partial charge < -0.3 is 0 Å². The first kappa shape index (κ1) is 38.4. The smallest absolute Gasteiger partial charge is 0.00196 e. The molecule has 0 heterocycles. The topological polar surface area (TPSA) is 0 Å². The van der Waals surface area contributed by atoms with Crippen LogP contribution < -0.4 is 0 Å². The second-order valence-corrected chi connectivity index (χ2v) is 18.5. The Kier molecular flexibility index (Phi) is 9.24. The minimum atomic E-state index is 1.06. The molecular weight excluding hydrogens is 793 g/mol. The zero-order valence-corrected chi connectivity index (χ0v) is 36.8. The Bertz CT molecular complexity index is 3370. The molecule has 66 heavy (non-hydrogen) atoms. The van der Waals surface area contributed by atoms with Crippen LogP contribution >= 0.6 is 0 Å². The van der Waals surface area contributed by atoms with Gasteiger partial charge in [-0.15, -0.1) is 0 Å². The molecule has 0 N–H and O–H groups in total. The number of rotatable bonds is 0. The van der Waals surface area contributed by atoms with E-state index in [0.29, 0.717) is 0 Å². The molecule has 2 aliphatic carbocycles. The number of fused-ring (bicyclic) bond motifs is 12. The van der Waals surface area contributed by atoms with E-state index in [1.165, 1.54) is 131 Å². The molecule has 0 aliphatic heterocycles. The second kappa shape index (κ2) is 15.9. The lowest BCUT2D eigenvalue weighted by molar-refractivity contribution is 1.01. The van der Waals surface area contributed by atoms with Crippen molar-refractivity contribution in [2.24, 2.45) is 0 Å². The van der Waals surface area contributed by atoms with Gasteiger partial charge in [-0.05, 0) is 193 Å². The first-order chi connectivity index (χ1) is 32.6. The molecule has 13 aromatic rings. The van der Waals surface area contributed by atoms with Crippen molar-refractivity contribution in [3.05, 3.63) is 275 Å². The van der Waals surface area contributed by atoms with Crippen LogP contribution in [0.1, 0.15) is 44.5 Å². The normalized spacial score (nSPS) is 12.6. The summed E-state index contributed by atoms with van der Waals surface area (Å²) in [6.45, 7) is 0. The van der Waals surface area contributed by atoms with Gasteiger partial charge in [0.1, 0.15) is 0 Å². The van der Waals surface area contributed by atoms with Gasteiger partial charge in [-0.25, -0.2) is 0 Å². The second-order valence-electron chi connectivity index (χ2n) is 18.5. The quantitative estimate of drug-likeness (QED) is 0.134. The van der Waals surface area contributed by atoms with Gasteiger partial charge in [0.15, 0.2) is 0 Å². The van der Waals surface area contributed by atoms with E-state index in [0.717, 1.165) is 25.7 Å². The van der Waals surface area contributed by atoms with E-state index < -0.39 is 0 Å². The zero-order valence-electron chi connectivity index (χ0n) is 36.8. The molecule has 15 rings (SSSR count). The molecule has 0 bridgehead atoms. The summed E-state index contributed by atoms with van der Waals surface area (Å²) in [6.07, 6.45) is 4.22. The fourth-order valence-corrected chi connectivity index (χ4v) is 10.9. The lowest BCUT2D eigenvalue weighted by atomic mass is 9.83. The predicted octanol–water partition coefficient (Wildman–Crippen LogP) is 17.3. The van der Waals surface area contributed by atoms with Crippen molar-refractivity contribution in [2.75, 3.05) is 0 Å². The third kappa shape index (κ3) is 7.13. The highest BCUT2D eigenvalue weighted by Crippen LogP contribution is 2.35. The van der Waals surface area contributed by atoms with Crippen molar-refractivity contribution < 1.29 is 0 Å². The van der Waals surface area contributed by atoms with Crippen molar-refractivity contribution in [2.45, 2.75) is 25.7 Å². The van der Waals surface area contributed by atoms with Gasteiger partial charge >= 0.3 is 0 Å². The van der Waals surface area contributed by atoms with Crippen LogP contribution in [0.15, 0.2) is 231 Å². The molecule has 0 aromatic heterocycles. The largest absolute Gasteiger partial charge is 0.0616 e.